The first-order valence-electron chi connectivity index (χ1n) is 10.1. The van der Waals surface area contributed by atoms with Crippen LogP contribution >= 0.6 is 0 Å². The Morgan fingerprint density at radius 1 is 1.17 bits per heavy atom. The van der Waals surface area contributed by atoms with Gasteiger partial charge in [-0.15, -0.1) is 0 Å². The van der Waals surface area contributed by atoms with E-state index < -0.39 is 11.7 Å². The molecule has 0 radical (unpaired) electrons. The second-order valence-corrected chi connectivity index (χ2v) is 8.10. The first-order chi connectivity index (χ1) is 14.4. The summed E-state index contributed by atoms with van der Waals surface area (Å²) in [5, 5.41) is 3.09. The first-order valence-corrected chi connectivity index (χ1v) is 10.1. The Kier molecular flexibility index (Phi) is 5.28. The normalized spacial score (nSPS) is 17.7. The summed E-state index contributed by atoms with van der Waals surface area (Å²) in [6.07, 6.45) is 0.0630. The summed E-state index contributed by atoms with van der Waals surface area (Å²) in [5.74, 6) is -0.587. The van der Waals surface area contributed by atoms with Crippen LogP contribution < -0.4 is 10.2 Å². The highest BCUT2D eigenvalue weighted by molar-refractivity contribution is 6.00. The SMILES string of the molecule is CC(C)C(NC(=O)C1CC(=O)N(c2ccccc2F)C1)c1nc2ccccc2n1C. The molecular formula is C23H25FN4O2. The Balaban J connectivity index is 1.55. The van der Waals surface area contributed by atoms with Gasteiger partial charge >= 0.3 is 0 Å². The summed E-state index contributed by atoms with van der Waals surface area (Å²) in [7, 11) is 1.94. The first kappa shape index (κ1) is 20.1. The maximum absolute atomic E-state index is 14.1. The Hall–Kier alpha value is -3.22. The van der Waals surface area contributed by atoms with Crippen LogP contribution in [0, 0.1) is 17.7 Å². The van der Waals surface area contributed by atoms with Crippen molar-refractivity contribution < 1.29 is 14.0 Å². The Morgan fingerprint density at radius 3 is 2.57 bits per heavy atom. The quantitative estimate of drug-likeness (QED) is 0.702. The predicted molar refractivity (Wildman–Crippen MR) is 113 cm³/mol. The van der Waals surface area contributed by atoms with Gasteiger partial charge in [0.25, 0.3) is 0 Å². The van der Waals surface area contributed by atoms with E-state index in [1.54, 1.807) is 18.2 Å². The van der Waals surface area contributed by atoms with Crippen LogP contribution in [0.15, 0.2) is 48.5 Å². The van der Waals surface area contributed by atoms with Crippen molar-refractivity contribution in [1.29, 1.82) is 0 Å². The van der Waals surface area contributed by atoms with Gasteiger partial charge in [0.15, 0.2) is 0 Å². The summed E-state index contributed by atoms with van der Waals surface area (Å²) >= 11 is 0. The van der Waals surface area contributed by atoms with E-state index in [0.29, 0.717) is 0 Å². The van der Waals surface area contributed by atoms with E-state index in [9.17, 15) is 14.0 Å². The molecule has 2 unspecified atom stereocenters. The second kappa shape index (κ2) is 7.89. The molecule has 0 spiro atoms. The molecule has 2 heterocycles. The van der Waals surface area contributed by atoms with Gasteiger partial charge in [-0.25, -0.2) is 9.37 Å². The van der Waals surface area contributed by atoms with Crippen molar-refractivity contribution in [3.63, 3.8) is 0 Å². The van der Waals surface area contributed by atoms with Gasteiger partial charge in [-0.2, -0.15) is 0 Å². The van der Waals surface area contributed by atoms with Crippen LogP contribution in [0.4, 0.5) is 10.1 Å². The van der Waals surface area contributed by atoms with Crippen LogP contribution in [-0.4, -0.2) is 27.9 Å². The molecule has 156 valence electrons. The van der Waals surface area contributed by atoms with E-state index in [-0.39, 0.29) is 42.4 Å². The number of nitrogens with one attached hydrogen (secondary N) is 1. The summed E-state index contributed by atoms with van der Waals surface area (Å²) in [6, 6.07) is 13.7. The molecule has 2 amide bonds. The van der Waals surface area contributed by atoms with E-state index in [1.807, 2.05) is 49.7 Å². The molecule has 1 aromatic heterocycles. The van der Waals surface area contributed by atoms with Crippen LogP contribution in [0.5, 0.6) is 0 Å². The molecule has 1 aliphatic rings. The zero-order valence-electron chi connectivity index (χ0n) is 17.3. The van der Waals surface area contributed by atoms with E-state index in [0.717, 1.165) is 16.9 Å². The van der Waals surface area contributed by atoms with Crippen molar-refractivity contribution in [1.82, 2.24) is 14.9 Å². The third-order valence-electron chi connectivity index (χ3n) is 5.70. The molecule has 6 nitrogen and oxygen atoms in total. The standard InChI is InChI=1S/C23H25FN4O2/c1-14(2)21(22-25-17-9-5-7-11-19(17)27(22)3)26-23(30)15-12-20(29)28(13-15)18-10-6-4-8-16(18)24/h4-11,14-15,21H,12-13H2,1-3H3,(H,26,30). The highest BCUT2D eigenvalue weighted by atomic mass is 19.1. The van der Waals surface area contributed by atoms with Gasteiger partial charge in [0.1, 0.15) is 11.6 Å². The van der Waals surface area contributed by atoms with Crippen molar-refractivity contribution >= 4 is 28.5 Å². The second-order valence-electron chi connectivity index (χ2n) is 8.10. The van der Waals surface area contributed by atoms with Gasteiger partial charge in [-0.05, 0) is 30.2 Å². The van der Waals surface area contributed by atoms with Crippen LogP contribution in [0.25, 0.3) is 11.0 Å². The van der Waals surface area contributed by atoms with E-state index in [1.165, 1.54) is 11.0 Å². The number of nitrogens with zero attached hydrogens (tertiary/aromatic N) is 3. The Morgan fingerprint density at radius 2 is 1.87 bits per heavy atom. The average Bonchev–Trinajstić information content (AvgIpc) is 3.27. The minimum Gasteiger partial charge on any atom is -0.346 e. The van der Waals surface area contributed by atoms with Crippen LogP contribution in [-0.2, 0) is 16.6 Å². The molecule has 0 aliphatic carbocycles. The lowest BCUT2D eigenvalue weighted by Gasteiger charge is -2.24. The molecule has 1 N–H and O–H groups in total. The van der Waals surface area contributed by atoms with Crippen molar-refractivity contribution in [2.24, 2.45) is 18.9 Å². The maximum atomic E-state index is 14.1. The Labute approximate surface area is 174 Å². The number of benzene rings is 2. The number of hydrogen-bond donors (Lipinski definition) is 1. The lowest BCUT2D eigenvalue weighted by atomic mass is 10.0. The Bertz CT molecular complexity index is 1110. The maximum Gasteiger partial charge on any atom is 0.227 e. The number of halogens is 1. The fourth-order valence-electron chi connectivity index (χ4n) is 4.03. The number of aromatic nitrogens is 2. The number of rotatable bonds is 5. The van der Waals surface area contributed by atoms with Gasteiger partial charge < -0.3 is 14.8 Å². The fourth-order valence-corrected chi connectivity index (χ4v) is 4.03. The molecule has 30 heavy (non-hydrogen) atoms. The molecule has 3 aromatic rings. The monoisotopic (exact) mass is 408 g/mol. The van der Waals surface area contributed by atoms with E-state index in [2.05, 4.69) is 5.32 Å². The minimum atomic E-state index is -0.534. The van der Waals surface area contributed by atoms with Crippen LogP contribution in [0.2, 0.25) is 0 Å². The molecule has 0 bridgehead atoms. The van der Waals surface area contributed by atoms with Crippen molar-refractivity contribution in [3.8, 4) is 0 Å². The molecule has 2 aromatic carbocycles. The van der Waals surface area contributed by atoms with Crippen LogP contribution in [0.3, 0.4) is 0 Å². The smallest absolute Gasteiger partial charge is 0.227 e. The number of imidazole rings is 1. The molecule has 1 aliphatic heterocycles. The van der Waals surface area contributed by atoms with Gasteiger partial charge in [-0.1, -0.05) is 38.1 Å². The van der Waals surface area contributed by atoms with Crippen molar-refractivity contribution in [3.05, 3.63) is 60.2 Å². The number of carbonyl (C=O) groups excluding carboxylic acids is 2. The number of amides is 2. The van der Waals surface area contributed by atoms with E-state index in [4.69, 9.17) is 4.98 Å². The van der Waals surface area contributed by atoms with Crippen molar-refractivity contribution in [2.45, 2.75) is 26.3 Å². The predicted octanol–water partition coefficient (Wildman–Crippen LogP) is 3.58. The average molecular weight is 408 g/mol. The molecular weight excluding hydrogens is 383 g/mol. The van der Waals surface area contributed by atoms with Gasteiger partial charge in [0, 0.05) is 20.0 Å². The topological polar surface area (TPSA) is 67.2 Å². The van der Waals surface area contributed by atoms with E-state index >= 15 is 0 Å². The number of para-hydroxylation sites is 3. The lowest BCUT2D eigenvalue weighted by molar-refractivity contribution is -0.127. The minimum absolute atomic E-state index is 0.0630. The lowest BCUT2D eigenvalue weighted by Crippen LogP contribution is -2.38. The highest BCUT2D eigenvalue weighted by Gasteiger charge is 2.37. The zero-order chi connectivity index (χ0) is 21.4. The van der Waals surface area contributed by atoms with Crippen LogP contribution in [0.1, 0.15) is 32.1 Å². The van der Waals surface area contributed by atoms with Gasteiger partial charge in [0.05, 0.1) is 28.7 Å². The number of carbonyl (C=O) groups is 2. The largest absolute Gasteiger partial charge is 0.346 e. The fraction of sp³-hybridized carbons (Fsp3) is 0.348. The molecule has 2 atom stereocenters. The number of anilines is 1. The molecule has 1 fully saturated rings. The molecule has 7 heteroatoms. The molecule has 4 rings (SSSR count). The van der Waals surface area contributed by atoms with Crippen molar-refractivity contribution in [2.75, 3.05) is 11.4 Å². The summed E-state index contributed by atoms with van der Waals surface area (Å²) in [4.78, 5) is 31.6. The zero-order valence-corrected chi connectivity index (χ0v) is 17.3. The van der Waals surface area contributed by atoms with Gasteiger partial charge in [0.2, 0.25) is 11.8 Å². The number of hydrogen-bond acceptors (Lipinski definition) is 3. The molecule has 0 saturated carbocycles. The summed E-state index contributed by atoms with van der Waals surface area (Å²) in [6.45, 7) is 4.21. The third kappa shape index (κ3) is 3.56. The summed E-state index contributed by atoms with van der Waals surface area (Å²) < 4.78 is 16.1. The number of aryl methyl sites for hydroxylation is 1. The highest BCUT2D eigenvalue weighted by Crippen LogP contribution is 2.29. The third-order valence-corrected chi connectivity index (χ3v) is 5.70. The van der Waals surface area contributed by atoms with Gasteiger partial charge in [-0.3, -0.25) is 9.59 Å². The summed E-state index contributed by atoms with van der Waals surface area (Å²) in [5.41, 5.74) is 2.08. The molecule has 1 saturated heterocycles. The number of fused-ring (bicyclic) bond motifs is 1.